The van der Waals surface area contributed by atoms with Crippen molar-refractivity contribution >= 4 is 35.0 Å². The Balaban J connectivity index is 1.34. The first kappa shape index (κ1) is 26.2. The first-order chi connectivity index (χ1) is 15.6. The number of unbranched alkanes of at least 4 members (excludes halogenated alkanes) is 9. The highest BCUT2D eigenvalue weighted by molar-refractivity contribution is 6.31. The largest absolute Gasteiger partial charge is 0.352 e. The van der Waals surface area contributed by atoms with Gasteiger partial charge >= 0.3 is 0 Å². The van der Waals surface area contributed by atoms with E-state index in [0.717, 1.165) is 38.8 Å². The van der Waals surface area contributed by atoms with E-state index in [-0.39, 0.29) is 11.8 Å². The molecule has 0 aliphatic carbocycles. The minimum absolute atomic E-state index is 0.0359. The maximum Gasteiger partial charge on any atom is 0.251 e. The van der Waals surface area contributed by atoms with Crippen LogP contribution in [-0.2, 0) is 0 Å². The number of hydrogen-bond donors (Lipinski definition) is 2. The van der Waals surface area contributed by atoms with Gasteiger partial charge in [-0.1, -0.05) is 74.6 Å². The molecule has 0 saturated carbocycles. The summed E-state index contributed by atoms with van der Waals surface area (Å²) in [5.41, 5.74) is 1.30. The fraction of sp³-hybridized carbons (Fsp3) is 0.462. The van der Waals surface area contributed by atoms with Crippen LogP contribution in [0.3, 0.4) is 0 Å². The highest BCUT2D eigenvalue weighted by atomic mass is 35.5. The Kier molecular flexibility index (Phi) is 12.9. The van der Waals surface area contributed by atoms with Crippen LogP contribution in [0.25, 0.3) is 0 Å². The molecule has 4 nitrogen and oxygen atoms in total. The van der Waals surface area contributed by atoms with Crippen molar-refractivity contribution in [2.75, 3.05) is 13.1 Å². The van der Waals surface area contributed by atoms with Crippen LogP contribution < -0.4 is 10.6 Å². The number of rotatable bonds is 15. The number of hydrogen-bond acceptors (Lipinski definition) is 2. The molecule has 6 heteroatoms. The topological polar surface area (TPSA) is 58.2 Å². The second kappa shape index (κ2) is 15.7. The van der Waals surface area contributed by atoms with E-state index in [1.807, 2.05) is 0 Å². The molecule has 0 aliphatic heterocycles. The molecule has 0 aliphatic rings. The van der Waals surface area contributed by atoms with Gasteiger partial charge in [-0.2, -0.15) is 0 Å². The Labute approximate surface area is 202 Å². The van der Waals surface area contributed by atoms with Crippen molar-refractivity contribution in [1.82, 2.24) is 10.6 Å². The number of halogens is 2. The lowest BCUT2D eigenvalue weighted by Crippen LogP contribution is -2.24. The average molecular weight is 477 g/mol. The quantitative estimate of drug-likeness (QED) is 0.270. The van der Waals surface area contributed by atoms with Crippen molar-refractivity contribution in [3.8, 4) is 0 Å². The summed E-state index contributed by atoms with van der Waals surface area (Å²) in [5.74, 6) is -0.0718. The normalized spacial score (nSPS) is 10.7. The molecular weight excluding hydrogens is 443 g/mol. The van der Waals surface area contributed by atoms with Crippen molar-refractivity contribution in [3.05, 3.63) is 69.7 Å². The molecular formula is C26H34Cl2N2O2. The summed E-state index contributed by atoms with van der Waals surface area (Å²) in [4.78, 5) is 24.0. The Bertz CT molecular complexity index is 738. The molecule has 32 heavy (non-hydrogen) atoms. The fourth-order valence-corrected chi connectivity index (χ4v) is 3.73. The van der Waals surface area contributed by atoms with Crippen LogP contribution in [-0.4, -0.2) is 24.9 Å². The molecule has 2 amide bonds. The van der Waals surface area contributed by atoms with Gasteiger partial charge in [0.1, 0.15) is 0 Å². The molecule has 0 aromatic heterocycles. The molecule has 0 spiro atoms. The predicted molar refractivity (Wildman–Crippen MR) is 134 cm³/mol. The van der Waals surface area contributed by atoms with E-state index in [9.17, 15) is 9.59 Å². The molecule has 0 unspecified atom stereocenters. The standard InChI is InChI=1S/C26H34Cl2N2O2/c27-23-15-11-21(12-16-23)25(31)29-19-9-7-5-3-1-2-4-6-8-10-20-30-26(32)22-13-17-24(28)18-14-22/h11-18H,1-10,19-20H2,(H,29,31)(H,30,32). The van der Waals surface area contributed by atoms with Crippen LogP contribution >= 0.6 is 23.2 Å². The van der Waals surface area contributed by atoms with Crippen LogP contribution in [0.2, 0.25) is 10.0 Å². The van der Waals surface area contributed by atoms with E-state index in [1.54, 1.807) is 48.5 Å². The van der Waals surface area contributed by atoms with Gasteiger partial charge < -0.3 is 10.6 Å². The summed E-state index contributed by atoms with van der Waals surface area (Å²) in [6.07, 6.45) is 11.8. The van der Waals surface area contributed by atoms with Crippen LogP contribution in [0.4, 0.5) is 0 Å². The van der Waals surface area contributed by atoms with Gasteiger partial charge in [0.15, 0.2) is 0 Å². The van der Waals surface area contributed by atoms with E-state index in [4.69, 9.17) is 23.2 Å². The summed E-state index contributed by atoms with van der Waals surface area (Å²) < 4.78 is 0. The van der Waals surface area contributed by atoms with Crippen LogP contribution in [0.5, 0.6) is 0 Å². The van der Waals surface area contributed by atoms with Gasteiger partial charge in [-0.15, -0.1) is 0 Å². The van der Waals surface area contributed by atoms with Crippen molar-refractivity contribution in [3.63, 3.8) is 0 Å². The van der Waals surface area contributed by atoms with E-state index >= 15 is 0 Å². The van der Waals surface area contributed by atoms with Crippen LogP contribution in [0.15, 0.2) is 48.5 Å². The number of carbonyl (C=O) groups excluding carboxylic acids is 2. The fourth-order valence-electron chi connectivity index (χ4n) is 3.47. The Morgan fingerprint density at radius 2 is 0.781 bits per heavy atom. The van der Waals surface area contributed by atoms with Crippen molar-refractivity contribution < 1.29 is 9.59 Å². The molecule has 0 saturated heterocycles. The summed E-state index contributed by atoms with van der Waals surface area (Å²) in [7, 11) is 0. The third-order valence-corrected chi connectivity index (χ3v) is 5.89. The molecule has 0 bridgehead atoms. The summed E-state index contributed by atoms with van der Waals surface area (Å²) in [6.45, 7) is 1.44. The van der Waals surface area contributed by atoms with Gasteiger partial charge in [0.25, 0.3) is 11.8 Å². The molecule has 0 fully saturated rings. The van der Waals surface area contributed by atoms with Gasteiger partial charge in [0.2, 0.25) is 0 Å². The molecule has 2 N–H and O–H groups in total. The maximum absolute atomic E-state index is 12.0. The minimum Gasteiger partial charge on any atom is -0.352 e. The lowest BCUT2D eigenvalue weighted by molar-refractivity contribution is 0.0944. The Morgan fingerprint density at radius 3 is 1.09 bits per heavy atom. The SMILES string of the molecule is O=C(NCCCCCCCCCCCCNC(=O)c1ccc(Cl)cc1)c1ccc(Cl)cc1. The van der Waals surface area contributed by atoms with E-state index in [2.05, 4.69) is 10.6 Å². The maximum atomic E-state index is 12.0. The third-order valence-electron chi connectivity index (χ3n) is 5.39. The number of carbonyl (C=O) groups is 2. The second-order valence-electron chi connectivity index (χ2n) is 8.06. The summed E-state index contributed by atoms with van der Waals surface area (Å²) >= 11 is 11.7. The van der Waals surface area contributed by atoms with E-state index in [0.29, 0.717) is 21.2 Å². The van der Waals surface area contributed by atoms with Crippen molar-refractivity contribution in [2.24, 2.45) is 0 Å². The zero-order valence-electron chi connectivity index (χ0n) is 18.7. The van der Waals surface area contributed by atoms with Gasteiger partial charge in [-0.05, 0) is 61.4 Å². The first-order valence-electron chi connectivity index (χ1n) is 11.6. The molecule has 174 valence electrons. The van der Waals surface area contributed by atoms with Crippen LogP contribution in [0, 0.1) is 0 Å². The van der Waals surface area contributed by atoms with Gasteiger partial charge in [0, 0.05) is 34.3 Å². The summed E-state index contributed by atoms with van der Waals surface area (Å²) in [5, 5.41) is 7.20. The highest BCUT2D eigenvalue weighted by Crippen LogP contribution is 2.12. The van der Waals surface area contributed by atoms with Gasteiger partial charge in [-0.3, -0.25) is 9.59 Å². The van der Waals surface area contributed by atoms with Crippen LogP contribution in [0.1, 0.15) is 84.9 Å². The number of benzene rings is 2. The highest BCUT2D eigenvalue weighted by Gasteiger charge is 2.05. The Morgan fingerprint density at radius 1 is 0.500 bits per heavy atom. The molecule has 2 aromatic carbocycles. The van der Waals surface area contributed by atoms with Gasteiger partial charge in [0.05, 0.1) is 0 Å². The first-order valence-corrected chi connectivity index (χ1v) is 12.4. The van der Waals surface area contributed by atoms with E-state index < -0.39 is 0 Å². The number of nitrogens with one attached hydrogen (secondary N) is 2. The monoisotopic (exact) mass is 476 g/mol. The average Bonchev–Trinajstić information content (AvgIpc) is 2.80. The van der Waals surface area contributed by atoms with Crippen molar-refractivity contribution in [2.45, 2.75) is 64.2 Å². The molecule has 0 atom stereocenters. The zero-order chi connectivity index (χ0) is 23.0. The van der Waals surface area contributed by atoms with Gasteiger partial charge in [-0.25, -0.2) is 0 Å². The summed E-state index contributed by atoms with van der Waals surface area (Å²) in [6, 6.07) is 13.9. The molecule has 0 heterocycles. The smallest absolute Gasteiger partial charge is 0.251 e. The number of amides is 2. The second-order valence-corrected chi connectivity index (χ2v) is 8.93. The lowest BCUT2D eigenvalue weighted by atomic mass is 10.1. The zero-order valence-corrected chi connectivity index (χ0v) is 20.2. The molecule has 2 aromatic rings. The molecule has 0 radical (unpaired) electrons. The van der Waals surface area contributed by atoms with E-state index in [1.165, 1.54) is 38.5 Å². The minimum atomic E-state index is -0.0359. The van der Waals surface area contributed by atoms with Crippen molar-refractivity contribution in [1.29, 1.82) is 0 Å². The Hall–Kier alpha value is -2.04. The lowest BCUT2D eigenvalue weighted by Gasteiger charge is -2.06. The molecule has 2 rings (SSSR count). The third kappa shape index (κ3) is 11.0. The predicted octanol–water partition coefficient (Wildman–Crippen LogP) is 7.05.